The number of piperazine rings is 1. The zero-order chi connectivity index (χ0) is 35.3. The number of rotatable bonds is 7. The minimum Gasteiger partial charge on any atom is -0.457 e. The van der Waals surface area contributed by atoms with Crippen LogP contribution < -0.4 is 0 Å². The number of aliphatic hydroxyl groups is 2. The summed E-state index contributed by atoms with van der Waals surface area (Å²) in [7, 11) is 0. The lowest BCUT2D eigenvalue weighted by Crippen LogP contribution is -2.52. The summed E-state index contributed by atoms with van der Waals surface area (Å²) in [5, 5.41) is 20.3. The van der Waals surface area contributed by atoms with Gasteiger partial charge in [-0.2, -0.15) is 0 Å². The number of β-amino-alcohol motifs (C(OH)–C–C–N with tert-alkyl or cyclic N) is 1. The summed E-state index contributed by atoms with van der Waals surface area (Å²) < 4.78 is 17.4. The third kappa shape index (κ3) is 12.4. The molecule has 2 amide bonds. The lowest BCUT2D eigenvalue weighted by molar-refractivity contribution is -0.151. The van der Waals surface area contributed by atoms with Gasteiger partial charge >= 0.3 is 18.2 Å². The second-order valence-electron chi connectivity index (χ2n) is 14.8. The fourth-order valence-electron chi connectivity index (χ4n) is 7.28. The van der Waals surface area contributed by atoms with Gasteiger partial charge < -0.3 is 34.2 Å². The largest absolute Gasteiger partial charge is 0.457 e. The molecule has 276 valence electrons. The van der Waals surface area contributed by atoms with E-state index in [1.807, 2.05) is 63.0 Å². The van der Waals surface area contributed by atoms with E-state index in [9.17, 15) is 24.6 Å². The van der Waals surface area contributed by atoms with Crippen LogP contribution in [0.1, 0.15) is 91.9 Å². The zero-order valence-electron chi connectivity index (χ0n) is 30.2. The van der Waals surface area contributed by atoms with Crippen LogP contribution in [0.5, 0.6) is 0 Å². The van der Waals surface area contributed by atoms with Gasteiger partial charge in [-0.1, -0.05) is 70.8 Å². The fourth-order valence-corrected chi connectivity index (χ4v) is 7.28. The van der Waals surface area contributed by atoms with E-state index in [0.29, 0.717) is 51.5 Å². The summed E-state index contributed by atoms with van der Waals surface area (Å²) in [6, 6.07) is 0.627. The van der Waals surface area contributed by atoms with E-state index < -0.39 is 36.5 Å². The lowest BCUT2D eigenvalue weighted by Gasteiger charge is -2.39. The predicted octanol–water partition coefficient (Wildman–Crippen LogP) is 5.46. The van der Waals surface area contributed by atoms with Crippen LogP contribution in [0, 0.1) is 17.8 Å². The van der Waals surface area contributed by atoms with Gasteiger partial charge in [0.05, 0.1) is 25.2 Å². The average molecular weight is 688 g/mol. The number of carbonyl (C=O) groups is 3. The molecular weight excluding hydrogens is 626 g/mol. The number of allylic oxidation sites excluding steroid dienone is 2. The number of likely N-dealkylation sites (tertiary alicyclic amines) is 1. The maximum atomic E-state index is 13.4. The van der Waals surface area contributed by atoms with E-state index >= 15 is 0 Å². The zero-order valence-corrected chi connectivity index (χ0v) is 30.2. The molecule has 1 aliphatic carbocycles. The number of hydrogen-bond acceptors (Lipinski definition) is 9. The van der Waals surface area contributed by atoms with Crippen molar-refractivity contribution in [1.82, 2.24) is 14.7 Å². The van der Waals surface area contributed by atoms with Crippen molar-refractivity contribution in [2.45, 2.75) is 122 Å². The second-order valence-corrected chi connectivity index (χ2v) is 14.8. The van der Waals surface area contributed by atoms with Gasteiger partial charge in [0.2, 0.25) is 0 Å². The Labute approximate surface area is 293 Å². The molecule has 1 saturated carbocycles. The summed E-state index contributed by atoms with van der Waals surface area (Å²) >= 11 is 0. The number of aliphatic hydroxyl groups excluding tert-OH is 2. The molecule has 49 heavy (non-hydrogen) atoms. The molecule has 7 atom stereocenters. The van der Waals surface area contributed by atoms with Crippen molar-refractivity contribution in [3.05, 3.63) is 36.0 Å². The first-order valence-corrected chi connectivity index (χ1v) is 18.7. The summed E-state index contributed by atoms with van der Waals surface area (Å²) in [6.45, 7) is 11.9. The normalized spacial score (nSPS) is 31.7. The molecule has 2 N–H and O–H groups in total. The SMILES string of the molecule is C/C(=C\C=C\[C@@H](C)COC(=O)N1CC[C@@H](O)C1)[C@H]1OC(=O)C[C@H](O)CC[C@H](C)[C@@H](OC(=O)N2CCN(C3CCCCCC3)CC2)/C=C\[C@@H]1C. The Morgan fingerprint density at radius 3 is 2.31 bits per heavy atom. The van der Waals surface area contributed by atoms with Crippen LogP contribution in [-0.2, 0) is 19.0 Å². The Balaban J connectivity index is 1.36. The van der Waals surface area contributed by atoms with Crippen LogP contribution in [0.2, 0.25) is 0 Å². The minimum atomic E-state index is -0.848. The molecule has 3 aliphatic heterocycles. The predicted molar refractivity (Wildman–Crippen MR) is 188 cm³/mol. The molecule has 0 aromatic rings. The van der Waals surface area contributed by atoms with E-state index in [-0.39, 0.29) is 36.9 Å². The van der Waals surface area contributed by atoms with Crippen LogP contribution in [0.25, 0.3) is 0 Å². The van der Waals surface area contributed by atoms with Crippen molar-refractivity contribution in [3.8, 4) is 0 Å². The Hall–Kier alpha value is -2.89. The lowest BCUT2D eigenvalue weighted by atomic mass is 9.92. The van der Waals surface area contributed by atoms with Gasteiger partial charge in [0.15, 0.2) is 0 Å². The van der Waals surface area contributed by atoms with Crippen molar-refractivity contribution in [3.63, 3.8) is 0 Å². The molecule has 3 heterocycles. The summed E-state index contributed by atoms with van der Waals surface area (Å²) in [6.07, 6.45) is 15.6. The number of amides is 2. The summed E-state index contributed by atoms with van der Waals surface area (Å²) in [4.78, 5) is 44.4. The molecule has 0 spiro atoms. The van der Waals surface area contributed by atoms with Crippen LogP contribution in [0.4, 0.5) is 9.59 Å². The average Bonchev–Trinajstić information content (AvgIpc) is 3.34. The van der Waals surface area contributed by atoms with Gasteiger partial charge in [-0.25, -0.2) is 9.59 Å². The van der Waals surface area contributed by atoms with E-state index in [0.717, 1.165) is 18.7 Å². The van der Waals surface area contributed by atoms with Crippen molar-refractivity contribution in [2.75, 3.05) is 45.9 Å². The molecule has 0 unspecified atom stereocenters. The Bertz CT molecular complexity index is 1160. The Morgan fingerprint density at radius 2 is 1.63 bits per heavy atom. The Morgan fingerprint density at radius 1 is 0.918 bits per heavy atom. The van der Waals surface area contributed by atoms with Crippen LogP contribution in [-0.4, -0.2) is 119 Å². The van der Waals surface area contributed by atoms with Gasteiger partial charge in [-0.3, -0.25) is 9.69 Å². The third-order valence-electron chi connectivity index (χ3n) is 10.5. The topological polar surface area (TPSA) is 129 Å². The highest BCUT2D eigenvalue weighted by molar-refractivity contribution is 5.70. The van der Waals surface area contributed by atoms with Crippen LogP contribution >= 0.6 is 0 Å². The molecule has 0 aromatic heterocycles. The van der Waals surface area contributed by atoms with Gasteiger partial charge in [0, 0.05) is 57.1 Å². The highest BCUT2D eigenvalue weighted by atomic mass is 16.6. The molecule has 11 heteroatoms. The molecule has 0 radical (unpaired) electrons. The van der Waals surface area contributed by atoms with E-state index in [1.165, 1.54) is 43.4 Å². The maximum absolute atomic E-state index is 13.4. The quantitative estimate of drug-likeness (QED) is 0.118. The van der Waals surface area contributed by atoms with E-state index in [2.05, 4.69) is 4.90 Å². The first-order valence-electron chi connectivity index (χ1n) is 18.7. The van der Waals surface area contributed by atoms with Crippen LogP contribution in [0.3, 0.4) is 0 Å². The maximum Gasteiger partial charge on any atom is 0.410 e. The second kappa shape index (κ2) is 19.5. The van der Waals surface area contributed by atoms with Crippen molar-refractivity contribution in [2.24, 2.45) is 17.8 Å². The third-order valence-corrected chi connectivity index (χ3v) is 10.5. The molecule has 3 fully saturated rings. The van der Waals surface area contributed by atoms with Crippen molar-refractivity contribution >= 4 is 18.2 Å². The summed E-state index contributed by atoms with van der Waals surface area (Å²) in [5.41, 5.74) is 0.816. The number of esters is 1. The Kier molecular flexibility index (Phi) is 15.5. The van der Waals surface area contributed by atoms with Crippen molar-refractivity contribution in [1.29, 1.82) is 0 Å². The molecule has 11 nitrogen and oxygen atoms in total. The highest BCUT2D eigenvalue weighted by Crippen LogP contribution is 2.26. The molecule has 0 aromatic carbocycles. The molecular formula is C38H61N3O8. The minimum absolute atomic E-state index is 0.0473. The molecule has 0 bridgehead atoms. The fraction of sp³-hybridized carbons (Fsp3) is 0.763. The standard InChI is InChI=1S/C38H61N3O8/c1-27(26-47-37(45)41-19-18-33(43)25-41)10-9-11-29(3)36-30(4)15-17-34(28(2)14-16-32(42)24-35(44)49-36)48-38(46)40-22-20-39(21-23-40)31-12-7-5-6-8-13-31/h9-11,15,17,27-28,30-34,36,42-43H,5-8,12-14,16,18-26H2,1-4H3/b10-9+,17-15-,29-11+/t27-,28+,30+,32-,33-,34+,36-/m1/s1. The monoisotopic (exact) mass is 687 g/mol. The van der Waals surface area contributed by atoms with Gasteiger partial charge in [-0.15, -0.1) is 0 Å². The number of nitrogens with zero attached hydrogens (tertiary/aromatic N) is 3. The molecule has 4 aliphatic rings. The van der Waals surface area contributed by atoms with Gasteiger partial charge in [0.25, 0.3) is 0 Å². The number of ether oxygens (including phenoxy) is 3. The number of cyclic esters (lactones) is 1. The van der Waals surface area contributed by atoms with Crippen LogP contribution in [0.15, 0.2) is 36.0 Å². The number of carbonyl (C=O) groups excluding carboxylic acids is 3. The first kappa shape index (κ1) is 38.9. The van der Waals surface area contributed by atoms with Gasteiger partial charge in [-0.05, 0) is 56.6 Å². The van der Waals surface area contributed by atoms with E-state index in [4.69, 9.17) is 14.2 Å². The van der Waals surface area contributed by atoms with Gasteiger partial charge in [0.1, 0.15) is 12.2 Å². The molecule has 2 saturated heterocycles. The number of hydrogen-bond donors (Lipinski definition) is 2. The van der Waals surface area contributed by atoms with E-state index in [1.54, 1.807) is 0 Å². The first-order chi connectivity index (χ1) is 23.5. The molecule has 4 rings (SSSR count). The summed E-state index contributed by atoms with van der Waals surface area (Å²) in [5.74, 6) is -0.783. The highest BCUT2D eigenvalue weighted by Gasteiger charge is 2.31. The van der Waals surface area contributed by atoms with Crippen molar-refractivity contribution < 1.29 is 38.8 Å². The smallest absolute Gasteiger partial charge is 0.410 e.